The zero-order valence-electron chi connectivity index (χ0n) is 75.2. The molecule has 0 aromatic heterocycles. The molecule has 0 rings (SSSR count). The Bertz CT molecular complexity index is 2840. The predicted octanol–water partition coefficient (Wildman–Crippen LogP) is 29.4. The number of carbonyl (C=O) groups excluding carboxylic acids is 3. The highest BCUT2D eigenvalue weighted by Crippen LogP contribution is 2.45. The Balaban J connectivity index is 4.54. The Morgan fingerprint density at radius 3 is 0.714 bits per heavy atom. The van der Waals surface area contributed by atoms with Crippen LogP contribution in [0.15, 0.2) is 170 Å². The summed E-state index contributed by atoms with van der Waals surface area (Å²) in [6, 6.07) is 0. The van der Waals surface area contributed by atoms with E-state index in [1.54, 1.807) is 0 Å². The Kier molecular flexibility index (Phi) is 88.2. The Hall–Kier alpha value is -5.09. The van der Waals surface area contributed by atoms with Crippen LogP contribution in [0.2, 0.25) is 0 Å². The predicted molar refractivity (Wildman–Crippen MR) is 500 cm³/mol. The minimum absolute atomic E-state index is 0.0623. The topological polar surface area (TPSA) is 231 Å². The highest BCUT2D eigenvalue weighted by molar-refractivity contribution is 7.47. The Labute approximate surface area is 726 Å². The summed E-state index contributed by atoms with van der Waals surface area (Å²) in [4.78, 5) is 59.0. The smallest absolute Gasteiger partial charge is 0.463 e. The zero-order valence-corrected chi connectivity index (χ0v) is 77.0. The number of ether oxygens (including phenoxy) is 3. The van der Waals surface area contributed by atoms with Crippen LogP contribution in [0.25, 0.3) is 0 Å². The van der Waals surface area contributed by atoms with Crippen LogP contribution in [0.5, 0.6) is 0 Å². The molecule has 0 aliphatic carbocycles. The van der Waals surface area contributed by atoms with Crippen LogP contribution < -0.4 is 0 Å². The monoisotopic (exact) mass is 1700 g/mol. The maximum absolute atomic E-state index is 13.0. The van der Waals surface area contributed by atoms with Gasteiger partial charge in [-0.25, -0.2) is 9.13 Å². The second-order valence-electron chi connectivity index (χ2n) is 31.4. The third kappa shape index (κ3) is 93.5. The summed E-state index contributed by atoms with van der Waals surface area (Å²) >= 11 is 0. The van der Waals surface area contributed by atoms with Gasteiger partial charge in [-0.3, -0.25) is 32.5 Å². The molecule has 0 fully saturated rings. The molecule has 4 N–H and O–H groups in total. The fourth-order valence-electron chi connectivity index (χ4n) is 12.8. The van der Waals surface area contributed by atoms with Crippen LogP contribution >= 0.6 is 15.6 Å². The summed E-state index contributed by atoms with van der Waals surface area (Å²) < 4.78 is 61.5. The molecule has 682 valence electrons. The fourth-order valence-corrected chi connectivity index (χ4v) is 14.4. The minimum atomic E-state index is -4.95. The average molecular weight is 1700 g/mol. The largest absolute Gasteiger partial charge is 0.472 e. The number of esters is 3. The van der Waals surface area contributed by atoms with E-state index in [4.69, 9.17) is 32.3 Å². The molecule has 5 unspecified atom stereocenters. The van der Waals surface area contributed by atoms with Crippen molar-refractivity contribution >= 4 is 33.6 Å². The Morgan fingerprint density at radius 2 is 0.445 bits per heavy atom. The van der Waals surface area contributed by atoms with Crippen LogP contribution in [-0.4, -0.2) is 95.9 Å². The molecule has 0 amide bonds. The highest BCUT2D eigenvalue weighted by atomic mass is 31.2. The van der Waals surface area contributed by atoms with E-state index in [-0.39, 0.29) is 19.3 Å². The first-order chi connectivity index (χ1) is 58.2. The molecule has 18 heteroatoms. The molecule has 0 heterocycles. The van der Waals surface area contributed by atoms with Crippen molar-refractivity contribution in [1.82, 2.24) is 0 Å². The van der Waals surface area contributed by atoms with Gasteiger partial charge < -0.3 is 34.2 Å². The number of aliphatic hydroxyl groups is 2. The van der Waals surface area contributed by atoms with Gasteiger partial charge in [0.2, 0.25) is 0 Å². The maximum Gasteiger partial charge on any atom is 0.472 e. The number of allylic oxidation sites excluding steroid dienone is 28. The molecule has 16 nitrogen and oxygen atoms in total. The zero-order chi connectivity index (χ0) is 86.5. The van der Waals surface area contributed by atoms with E-state index < -0.39 is 91.5 Å². The molecule has 5 atom stereocenters. The number of hydrogen-bond donors (Lipinski definition) is 4. The quantitative estimate of drug-likeness (QED) is 0.0146. The van der Waals surface area contributed by atoms with Crippen LogP contribution in [-0.2, 0) is 55.8 Å². The average Bonchev–Trinajstić information content (AvgIpc) is 0.941. The number of rotatable bonds is 89. The van der Waals surface area contributed by atoms with Gasteiger partial charge in [0.25, 0.3) is 0 Å². The van der Waals surface area contributed by atoms with Gasteiger partial charge in [0.15, 0.2) is 6.10 Å². The van der Waals surface area contributed by atoms with Crippen molar-refractivity contribution in [3.8, 4) is 0 Å². The molecule has 0 aromatic carbocycles. The van der Waals surface area contributed by atoms with Crippen molar-refractivity contribution in [2.75, 3.05) is 39.6 Å². The number of aliphatic hydroxyl groups excluding tert-OH is 2. The lowest BCUT2D eigenvalue weighted by Crippen LogP contribution is -2.30. The molecule has 0 radical (unpaired) electrons. The second kappa shape index (κ2) is 92.1. The summed E-state index contributed by atoms with van der Waals surface area (Å²) in [5.74, 6) is -1.60. The summed E-state index contributed by atoms with van der Waals surface area (Å²) in [6.07, 6.45) is 120. The van der Waals surface area contributed by atoms with Crippen molar-refractivity contribution in [1.29, 1.82) is 0 Å². The normalized spacial score (nSPS) is 14.5. The van der Waals surface area contributed by atoms with Crippen molar-refractivity contribution in [3.63, 3.8) is 0 Å². The molecule has 0 spiro atoms. The van der Waals surface area contributed by atoms with E-state index in [0.717, 1.165) is 148 Å². The third-order valence-electron chi connectivity index (χ3n) is 19.9. The number of unbranched alkanes of at least 4 members (excludes halogenated alkanes) is 38. The lowest BCUT2D eigenvalue weighted by atomic mass is 10.0. The summed E-state index contributed by atoms with van der Waals surface area (Å²) in [7, 11) is -9.82. The molecule has 0 aromatic rings. The van der Waals surface area contributed by atoms with Gasteiger partial charge in [-0.1, -0.05) is 390 Å². The standard InChI is InChI=1S/C101H172O16P2/c1-4-7-10-13-16-19-22-25-28-31-34-36-38-40-42-44-46-47-49-51-52-54-56-58-61-63-66-69-72-75-78-81-84-87-99(104)111-90-96(102)91-113-118(107,108)114-92-97(103)93-115-119(109,110)116-95-98(117-101(106)89-86-83-80-77-74-71-68-65-60-33-30-27-24-21-18-15-12-9-6-3)94-112-100(105)88-85-82-79-76-73-70-67-64-62-59-57-55-53-50-48-45-43-41-39-37-35-32-29-26-23-20-17-14-11-8-5-2/h7,9-10,12,16-21,25-30,34-37,40-43,60,65,71,74,96-98,102-103H,4-6,8,11,13-15,22-24,31-33,38-39,44-59,61-64,66-70,72-73,75-95H2,1-3H3,(H,107,108)(H,109,110)/b10-7-,12-9-,19-16-,20-17-,21-18-,28-25-,29-26-,30-27-,36-34-,37-35-,42-40-,43-41-,65-60-,74-71-. The van der Waals surface area contributed by atoms with Crippen LogP contribution in [0.3, 0.4) is 0 Å². The van der Waals surface area contributed by atoms with Gasteiger partial charge >= 0.3 is 33.6 Å². The molecular weight excluding hydrogens is 1530 g/mol. The van der Waals surface area contributed by atoms with Crippen molar-refractivity contribution < 1.29 is 75.8 Å². The number of hydrogen-bond acceptors (Lipinski definition) is 14. The van der Waals surface area contributed by atoms with E-state index >= 15 is 0 Å². The van der Waals surface area contributed by atoms with Crippen LogP contribution in [0, 0.1) is 0 Å². The van der Waals surface area contributed by atoms with E-state index in [2.05, 4.69) is 191 Å². The van der Waals surface area contributed by atoms with E-state index in [9.17, 15) is 43.5 Å². The van der Waals surface area contributed by atoms with Gasteiger partial charge in [-0.2, -0.15) is 0 Å². The van der Waals surface area contributed by atoms with E-state index in [1.165, 1.54) is 186 Å². The van der Waals surface area contributed by atoms with E-state index in [1.807, 2.05) is 0 Å². The molecule has 0 saturated heterocycles. The first-order valence-electron chi connectivity index (χ1n) is 47.4. The second-order valence-corrected chi connectivity index (χ2v) is 34.3. The summed E-state index contributed by atoms with van der Waals surface area (Å²) in [6.45, 7) is 2.43. The summed E-state index contributed by atoms with van der Waals surface area (Å²) in [5.41, 5.74) is 0. The first-order valence-corrected chi connectivity index (χ1v) is 50.4. The van der Waals surface area contributed by atoms with Crippen molar-refractivity contribution in [3.05, 3.63) is 170 Å². The van der Waals surface area contributed by atoms with Gasteiger partial charge in [-0.05, 0) is 154 Å². The molecule has 0 aliphatic heterocycles. The number of carbonyl (C=O) groups is 3. The van der Waals surface area contributed by atoms with Crippen molar-refractivity contribution in [2.24, 2.45) is 0 Å². The van der Waals surface area contributed by atoms with Crippen LogP contribution in [0.4, 0.5) is 0 Å². The van der Waals surface area contributed by atoms with Crippen LogP contribution in [0.1, 0.15) is 393 Å². The molecular formula is C101H172O16P2. The minimum Gasteiger partial charge on any atom is -0.463 e. The molecule has 0 saturated carbocycles. The lowest BCUT2D eigenvalue weighted by Gasteiger charge is -2.21. The van der Waals surface area contributed by atoms with Crippen molar-refractivity contribution in [2.45, 2.75) is 411 Å². The number of phosphoric ester groups is 2. The highest BCUT2D eigenvalue weighted by Gasteiger charge is 2.29. The van der Waals surface area contributed by atoms with Gasteiger partial charge in [-0.15, -0.1) is 0 Å². The fraction of sp³-hybridized carbons (Fsp3) is 0.693. The van der Waals surface area contributed by atoms with Gasteiger partial charge in [0.05, 0.1) is 26.4 Å². The maximum atomic E-state index is 13.0. The lowest BCUT2D eigenvalue weighted by molar-refractivity contribution is -0.161. The number of phosphoric acid groups is 2. The third-order valence-corrected chi connectivity index (χ3v) is 21.8. The van der Waals surface area contributed by atoms with Gasteiger partial charge in [0, 0.05) is 19.3 Å². The van der Waals surface area contributed by atoms with Gasteiger partial charge in [0.1, 0.15) is 25.4 Å². The molecule has 0 bridgehead atoms. The Morgan fingerprint density at radius 1 is 0.244 bits per heavy atom. The van der Waals surface area contributed by atoms with E-state index in [0.29, 0.717) is 19.3 Å². The SMILES string of the molecule is CC/C=C\C/C=C\C/C=C\C/C=C\C/C=C\CCCCCCCCCCCCCCCCCCCC(=O)OCC(O)COP(=O)(O)OCC(O)COP(=O)(O)OCC(COC(=O)CCCCCCCCCCCCCCCCC/C=C\C/C=C\C/C=C\C/C=C\CCCCC)OC(=O)CCCCC/C=C\C/C=C\C/C=C\C/C=C\C/C=C\CC. The molecule has 119 heavy (non-hydrogen) atoms. The first kappa shape index (κ1) is 114. The summed E-state index contributed by atoms with van der Waals surface area (Å²) in [5, 5.41) is 20.7. The molecule has 0 aliphatic rings.